The summed E-state index contributed by atoms with van der Waals surface area (Å²) in [5.41, 5.74) is 0. The molecule has 138 valence electrons. The van der Waals surface area contributed by atoms with Crippen molar-refractivity contribution >= 4 is 29.9 Å². The van der Waals surface area contributed by atoms with Gasteiger partial charge in [0.25, 0.3) is 0 Å². The summed E-state index contributed by atoms with van der Waals surface area (Å²) in [6.07, 6.45) is 8.88. The van der Waals surface area contributed by atoms with Crippen LogP contribution < -0.4 is 10.6 Å². The van der Waals surface area contributed by atoms with Crippen LogP contribution in [-0.4, -0.2) is 63.8 Å². The number of hydrogen-bond donors (Lipinski definition) is 2. The smallest absolute Gasteiger partial charge is 0.191 e. The van der Waals surface area contributed by atoms with Gasteiger partial charge in [0.15, 0.2) is 5.96 Å². The largest absolute Gasteiger partial charge is 0.385 e. The second-order valence-electron chi connectivity index (χ2n) is 6.07. The number of hydrogen-bond acceptors (Lipinski definition) is 3. The Bertz CT molecular complexity index is 302. The molecule has 6 heteroatoms. The van der Waals surface area contributed by atoms with Gasteiger partial charge < -0.3 is 15.4 Å². The Morgan fingerprint density at radius 2 is 1.96 bits per heavy atom. The summed E-state index contributed by atoms with van der Waals surface area (Å²) in [5, 5.41) is 6.82. The molecule has 0 aromatic heterocycles. The van der Waals surface area contributed by atoms with E-state index in [2.05, 4.69) is 27.4 Å². The van der Waals surface area contributed by atoms with Crippen LogP contribution in [0.15, 0.2) is 4.99 Å². The van der Waals surface area contributed by atoms with Crippen LogP contribution >= 0.6 is 24.0 Å². The third kappa shape index (κ3) is 10.4. The third-order valence-corrected chi connectivity index (χ3v) is 4.45. The summed E-state index contributed by atoms with van der Waals surface area (Å²) >= 11 is 0. The molecular weight excluding hydrogens is 403 g/mol. The lowest BCUT2D eigenvalue weighted by atomic mass is 10.0. The van der Waals surface area contributed by atoms with Crippen LogP contribution in [-0.2, 0) is 4.74 Å². The maximum atomic E-state index is 5.06. The Morgan fingerprint density at radius 3 is 2.65 bits per heavy atom. The third-order valence-electron chi connectivity index (χ3n) is 4.45. The van der Waals surface area contributed by atoms with Gasteiger partial charge in [-0.25, -0.2) is 0 Å². The van der Waals surface area contributed by atoms with E-state index >= 15 is 0 Å². The summed E-state index contributed by atoms with van der Waals surface area (Å²) in [5.74, 6) is 0.928. The van der Waals surface area contributed by atoms with Gasteiger partial charge in [-0.05, 0) is 45.1 Å². The zero-order valence-corrected chi connectivity index (χ0v) is 17.6. The Morgan fingerprint density at radius 1 is 1.17 bits per heavy atom. The van der Waals surface area contributed by atoms with Crippen molar-refractivity contribution in [3.63, 3.8) is 0 Å². The number of methoxy groups -OCH3 is 1. The van der Waals surface area contributed by atoms with Crippen molar-refractivity contribution in [2.24, 2.45) is 4.99 Å². The molecule has 0 bridgehead atoms. The lowest BCUT2D eigenvalue weighted by molar-refractivity contribution is 0.147. The highest BCUT2D eigenvalue weighted by molar-refractivity contribution is 14.0. The highest BCUT2D eigenvalue weighted by Crippen LogP contribution is 2.18. The molecule has 0 aromatic carbocycles. The number of likely N-dealkylation sites (tertiary alicyclic amines) is 1. The van der Waals surface area contributed by atoms with Gasteiger partial charge in [-0.15, -0.1) is 24.0 Å². The summed E-state index contributed by atoms with van der Waals surface area (Å²) in [6.45, 7) is 7.49. The maximum absolute atomic E-state index is 5.06. The number of rotatable bonds is 10. The molecule has 23 heavy (non-hydrogen) atoms. The zero-order chi connectivity index (χ0) is 16.0. The van der Waals surface area contributed by atoms with Gasteiger partial charge in [0.2, 0.25) is 0 Å². The SMILES string of the molecule is CCC1CCCCN1CCNC(=NC)NCCCCCOC.I. The quantitative estimate of drug-likeness (QED) is 0.238. The van der Waals surface area contributed by atoms with Crippen molar-refractivity contribution in [3.05, 3.63) is 0 Å². The van der Waals surface area contributed by atoms with Crippen molar-refractivity contribution in [2.75, 3.05) is 46.9 Å². The highest BCUT2D eigenvalue weighted by atomic mass is 127. The van der Waals surface area contributed by atoms with Crippen LogP contribution in [0.5, 0.6) is 0 Å². The van der Waals surface area contributed by atoms with Crippen molar-refractivity contribution in [3.8, 4) is 0 Å². The molecule has 1 heterocycles. The molecule has 0 saturated carbocycles. The van der Waals surface area contributed by atoms with Crippen molar-refractivity contribution < 1.29 is 4.74 Å². The molecular formula is C17H37IN4O. The Labute approximate surface area is 160 Å². The molecule has 5 nitrogen and oxygen atoms in total. The fourth-order valence-electron chi connectivity index (χ4n) is 3.11. The highest BCUT2D eigenvalue weighted by Gasteiger charge is 2.19. The van der Waals surface area contributed by atoms with E-state index in [9.17, 15) is 0 Å². The molecule has 1 unspecified atom stereocenters. The number of guanidine groups is 1. The van der Waals surface area contributed by atoms with Crippen LogP contribution in [0.25, 0.3) is 0 Å². The number of ether oxygens (including phenoxy) is 1. The molecule has 0 aliphatic carbocycles. The number of unbranched alkanes of at least 4 members (excludes halogenated alkanes) is 2. The topological polar surface area (TPSA) is 48.9 Å². The van der Waals surface area contributed by atoms with Gasteiger partial charge >= 0.3 is 0 Å². The molecule has 0 amide bonds. The standard InChI is InChI=1S/C17H36N4O.HI/c1-4-16-10-6-8-13-21(16)14-12-20-17(18-2)19-11-7-5-9-15-22-3;/h16H,4-15H2,1-3H3,(H2,18,19,20);1H. The van der Waals surface area contributed by atoms with E-state index in [0.29, 0.717) is 0 Å². The molecule has 0 spiro atoms. The zero-order valence-electron chi connectivity index (χ0n) is 15.3. The summed E-state index contributed by atoms with van der Waals surface area (Å²) in [7, 11) is 3.60. The molecule has 0 aromatic rings. The van der Waals surface area contributed by atoms with Crippen LogP contribution in [0.3, 0.4) is 0 Å². The van der Waals surface area contributed by atoms with E-state index in [4.69, 9.17) is 4.74 Å². The van der Waals surface area contributed by atoms with E-state index < -0.39 is 0 Å². The van der Waals surface area contributed by atoms with Crippen molar-refractivity contribution in [1.29, 1.82) is 0 Å². The average Bonchev–Trinajstić information content (AvgIpc) is 2.56. The minimum atomic E-state index is 0. The Hall–Kier alpha value is -0.0800. The molecule has 1 fully saturated rings. The van der Waals surface area contributed by atoms with E-state index in [1.807, 2.05) is 7.05 Å². The second kappa shape index (κ2) is 15.4. The molecule has 2 N–H and O–H groups in total. The van der Waals surface area contributed by atoms with Crippen LogP contribution in [0.1, 0.15) is 51.9 Å². The lowest BCUT2D eigenvalue weighted by Gasteiger charge is -2.35. The van der Waals surface area contributed by atoms with Crippen LogP contribution in [0.2, 0.25) is 0 Å². The first-order valence-electron chi connectivity index (χ1n) is 8.99. The number of piperidine rings is 1. The average molecular weight is 440 g/mol. The van der Waals surface area contributed by atoms with Gasteiger partial charge in [-0.3, -0.25) is 9.89 Å². The van der Waals surface area contributed by atoms with Crippen LogP contribution in [0, 0.1) is 0 Å². The van der Waals surface area contributed by atoms with E-state index in [-0.39, 0.29) is 24.0 Å². The molecule has 1 rings (SSSR count). The maximum Gasteiger partial charge on any atom is 0.191 e. The van der Waals surface area contributed by atoms with Gasteiger partial charge in [-0.1, -0.05) is 13.3 Å². The van der Waals surface area contributed by atoms with Gasteiger partial charge in [0.05, 0.1) is 0 Å². The van der Waals surface area contributed by atoms with Gasteiger partial charge in [0.1, 0.15) is 0 Å². The van der Waals surface area contributed by atoms with E-state index in [0.717, 1.165) is 51.1 Å². The van der Waals surface area contributed by atoms with E-state index in [1.165, 1.54) is 38.6 Å². The van der Waals surface area contributed by atoms with Gasteiger partial charge in [-0.2, -0.15) is 0 Å². The Kier molecular flexibility index (Phi) is 15.4. The van der Waals surface area contributed by atoms with E-state index in [1.54, 1.807) is 7.11 Å². The molecule has 1 aliphatic rings. The fraction of sp³-hybridized carbons (Fsp3) is 0.941. The van der Waals surface area contributed by atoms with Crippen molar-refractivity contribution in [2.45, 2.75) is 57.9 Å². The summed E-state index contributed by atoms with van der Waals surface area (Å²) in [4.78, 5) is 6.93. The molecule has 1 atom stereocenters. The monoisotopic (exact) mass is 440 g/mol. The Balaban J connectivity index is 0.00000484. The normalized spacial score (nSPS) is 19.3. The van der Waals surface area contributed by atoms with Crippen molar-refractivity contribution in [1.82, 2.24) is 15.5 Å². The first kappa shape index (κ1) is 22.9. The predicted octanol–water partition coefficient (Wildman–Crippen LogP) is 2.85. The summed E-state index contributed by atoms with van der Waals surface area (Å²) in [6, 6.07) is 0.784. The first-order valence-corrected chi connectivity index (χ1v) is 8.99. The first-order chi connectivity index (χ1) is 10.8. The second-order valence-corrected chi connectivity index (χ2v) is 6.07. The fourth-order valence-corrected chi connectivity index (χ4v) is 3.11. The predicted molar refractivity (Wildman–Crippen MR) is 110 cm³/mol. The molecule has 1 saturated heterocycles. The number of nitrogens with zero attached hydrogens (tertiary/aromatic N) is 2. The number of aliphatic imine (C=N–C) groups is 1. The lowest BCUT2D eigenvalue weighted by Crippen LogP contribution is -2.46. The number of nitrogens with one attached hydrogen (secondary N) is 2. The molecule has 1 aliphatic heterocycles. The van der Waals surface area contributed by atoms with Gasteiger partial charge in [0, 0.05) is 46.4 Å². The number of halogens is 1. The van der Waals surface area contributed by atoms with Crippen LogP contribution in [0.4, 0.5) is 0 Å². The minimum Gasteiger partial charge on any atom is -0.385 e. The summed E-state index contributed by atoms with van der Waals surface area (Å²) < 4.78 is 5.06. The molecule has 0 radical (unpaired) electrons. The minimum absolute atomic E-state index is 0.